The molecule has 1 saturated heterocycles. The van der Waals surface area contributed by atoms with Gasteiger partial charge in [-0.05, 0) is 26.3 Å². The number of ether oxygens (including phenoxy) is 2. The van der Waals surface area contributed by atoms with Gasteiger partial charge in [0.15, 0.2) is 0 Å². The average Bonchev–Trinajstić information content (AvgIpc) is 2.85. The highest BCUT2D eigenvalue weighted by Gasteiger charge is 2.37. The maximum Gasteiger partial charge on any atom is 0.407 e. The van der Waals surface area contributed by atoms with Gasteiger partial charge in [-0.1, -0.05) is 37.3 Å². The van der Waals surface area contributed by atoms with E-state index in [1.807, 2.05) is 30.3 Å². The number of likely N-dealkylation sites (tertiary alicyclic amines) is 1. The molecule has 0 saturated carbocycles. The molecule has 0 aromatic heterocycles. The van der Waals surface area contributed by atoms with E-state index in [1.54, 1.807) is 27.7 Å². The minimum atomic E-state index is -0.814. The van der Waals surface area contributed by atoms with Crippen molar-refractivity contribution in [2.75, 3.05) is 6.54 Å². The van der Waals surface area contributed by atoms with Crippen LogP contribution in [0.2, 0.25) is 0 Å². The van der Waals surface area contributed by atoms with Gasteiger partial charge < -0.3 is 14.8 Å². The number of benzene rings is 1. The number of amides is 3. The van der Waals surface area contributed by atoms with Crippen molar-refractivity contribution in [3.63, 3.8) is 0 Å². The Kier molecular flexibility index (Phi) is 7.36. The Morgan fingerprint density at radius 3 is 2.41 bits per heavy atom. The molecule has 2 rings (SSSR count). The Hall–Kier alpha value is -2.90. The standard InChI is InChI=1S/C21H28N2O6/c1-14-10-17(24)23(19(14)26)12-16(22-20(27)29-21(2,3)4)11-18(25)28-13-15-8-6-5-7-9-15/h5-9,14,16H,10-13H2,1-4H3,(H,22,27). The highest BCUT2D eigenvalue weighted by Crippen LogP contribution is 2.19. The van der Waals surface area contributed by atoms with Gasteiger partial charge in [0.25, 0.3) is 0 Å². The van der Waals surface area contributed by atoms with Gasteiger partial charge in [0.2, 0.25) is 11.8 Å². The molecule has 0 aliphatic carbocycles. The summed E-state index contributed by atoms with van der Waals surface area (Å²) in [7, 11) is 0. The van der Waals surface area contributed by atoms with Crippen molar-refractivity contribution < 1.29 is 28.7 Å². The molecule has 3 amide bonds. The van der Waals surface area contributed by atoms with Gasteiger partial charge in [0.1, 0.15) is 12.2 Å². The minimum absolute atomic E-state index is 0.0947. The first kappa shape index (κ1) is 22.4. The quantitative estimate of drug-likeness (QED) is 0.553. The number of esters is 1. The molecule has 2 unspecified atom stereocenters. The molecule has 1 heterocycles. The number of imide groups is 1. The third kappa shape index (κ3) is 7.21. The second-order valence-corrected chi connectivity index (χ2v) is 8.14. The minimum Gasteiger partial charge on any atom is -0.461 e. The second-order valence-electron chi connectivity index (χ2n) is 8.14. The summed E-state index contributed by atoms with van der Waals surface area (Å²) in [5.41, 5.74) is 0.104. The van der Waals surface area contributed by atoms with Crippen molar-refractivity contribution in [3.8, 4) is 0 Å². The highest BCUT2D eigenvalue weighted by molar-refractivity contribution is 6.03. The van der Waals surface area contributed by atoms with Crippen LogP contribution in [0, 0.1) is 5.92 Å². The number of carbonyl (C=O) groups excluding carboxylic acids is 4. The molecule has 1 aliphatic heterocycles. The average molecular weight is 404 g/mol. The van der Waals surface area contributed by atoms with Gasteiger partial charge in [-0.3, -0.25) is 19.3 Å². The lowest BCUT2D eigenvalue weighted by atomic mass is 10.1. The number of alkyl carbamates (subject to hydrolysis) is 1. The van der Waals surface area contributed by atoms with Crippen molar-refractivity contribution in [3.05, 3.63) is 35.9 Å². The summed E-state index contributed by atoms with van der Waals surface area (Å²) in [6, 6.07) is 8.37. The Morgan fingerprint density at radius 1 is 1.21 bits per heavy atom. The van der Waals surface area contributed by atoms with E-state index < -0.39 is 29.6 Å². The molecule has 0 radical (unpaired) electrons. The lowest BCUT2D eigenvalue weighted by Crippen LogP contribution is -2.48. The second kappa shape index (κ2) is 9.54. The van der Waals surface area contributed by atoms with Crippen LogP contribution in [0.1, 0.15) is 46.1 Å². The van der Waals surface area contributed by atoms with Crippen molar-refractivity contribution in [1.29, 1.82) is 0 Å². The van der Waals surface area contributed by atoms with Crippen LogP contribution in [0.15, 0.2) is 30.3 Å². The molecule has 0 spiro atoms. The topological polar surface area (TPSA) is 102 Å². The maximum atomic E-state index is 12.3. The fourth-order valence-corrected chi connectivity index (χ4v) is 2.89. The summed E-state index contributed by atoms with van der Waals surface area (Å²) in [6.45, 7) is 6.80. The molecule has 29 heavy (non-hydrogen) atoms. The van der Waals surface area contributed by atoms with Gasteiger partial charge in [-0.15, -0.1) is 0 Å². The Morgan fingerprint density at radius 2 is 1.86 bits per heavy atom. The fourth-order valence-electron chi connectivity index (χ4n) is 2.89. The molecule has 8 nitrogen and oxygen atoms in total. The SMILES string of the molecule is CC1CC(=O)N(CC(CC(=O)OCc2ccccc2)NC(=O)OC(C)(C)C)C1=O. The molecule has 1 aliphatic rings. The van der Waals surface area contributed by atoms with Gasteiger partial charge >= 0.3 is 12.1 Å². The fraction of sp³-hybridized carbons (Fsp3) is 0.524. The van der Waals surface area contributed by atoms with Crippen LogP contribution >= 0.6 is 0 Å². The van der Waals surface area contributed by atoms with Crippen LogP contribution in [0.5, 0.6) is 0 Å². The van der Waals surface area contributed by atoms with E-state index in [1.165, 1.54) is 0 Å². The number of nitrogens with zero attached hydrogens (tertiary/aromatic N) is 1. The molecule has 1 N–H and O–H groups in total. The van der Waals surface area contributed by atoms with Crippen LogP contribution < -0.4 is 5.32 Å². The van der Waals surface area contributed by atoms with Crippen LogP contribution in [-0.2, 0) is 30.5 Å². The predicted molar refractivity (Wildman–Crippen MR) is 105 cm³/mol. The van der Waals surface area contributed by atoms with Crippen molar-refractivity contribution >= 4 is 23.9 Å². The van der Waals surface area contributed by atoms with Gasteiger partial charge in [0, 0.05) is 18.9 Å². The largest absolute Gasteiger partial charge is 0.461 e. The van der Waals surface area contributed by atoms with Crippen LogP contribution in [-0.4, -0.2) is 47.0 Å². The number of hydrogen-bond donors (Lipinski definition) is 1. The lowest BCUT2D eigenvalue weighted by molar-refractivity contribution is -0.147. The summed E-state index contributed by atoms with van der Waals surface area (Å²) in [5.74, 6) is -1.60. The number of hydrogen-bond acceptors (Lipinski definition) is 6. The maximum absolute atomic E-state index is 12.3. The molecule has 1 fully saturated rings. The predicted octanol–water partition coefficient (Wildman–Crippen LogP) is 2.41. The smallest absolute Gasteiger partial charge is 0.407 e. The van der Waals surface area contributed by atoms with Gasteiger partial charge in [-0.2, -0.15) is 0 Å². The zero-order chi connectivity index (χ0) is 21.6. The molecule has 8 heteroatoms. The normalized spacial score (nSPS) is 17.8. The Balaban J connectivity index is 2.01. The summed E-state index contributed by atoms with van der Waals surface area (Å²) < 4.78 is 10.5. The molecule has 1 aromatic rings. The highest BCUT2D eigenvalue weighted by atomic mass is 16.6. The third-order valence-corrected chi connectivity index (χ3v) is 4.25. The molecule has 2 atom stereocenters. The van der Waals surface area contributed by atoms with Crippen molar-refractivity contribution in [2.45, 2.75) is 58.8 Å². The summed E-state index contributed by atoms with van der Waals surface area (Å²) in [6.07, 6.45) is -0.806. The van der Waals surface area contributed by atoms with Crippen LogP contribution in [0.3, 0.4) is 0 Å². The van der Waals surface area contributed by atoms with E-state index in [-0.39, 0.29) is 37.8 Å². The monoisotopic (exact) mass is 404 g/mol. The molecule has 0 bridgehead atoms. The van der Waals surface area contributed by atoms with Crippen molar-refractivity contribution in [2.24, 2.45) is 5.92 Å². The summed E-state index contributed by atoms with van der Waals surface area (Å²) >= 11 is 0. The number of carbonyl (C=O) groups is 4. The zero-order valence-corrected chi connectivity index (χ0v) is 17.3. The van der Waals surface area contributed by atoms with Gasteiger partial charge in [-0.25, -0.2) is 4.79 Å². The number of nitrogens with one attached hydrogen (secondary N) is 1. The van der Waals surface area contributed by atoms with Crippen LogP contribution in [0.4, 0.5) is 4.79 Å². The van der Waals surface area contributed by atoms with E-state index in [9.17, 15) is 19.2 Å². The Bertz CT molecular complexity index is 756. The summed E-state index contributed by atoms with van der Waals surface area (Å²) in [5, 5.41) is 2.58. The number of rotatable bonds is 7. The first-order valence-corrected chi connectivity index (χ1v) is 9.58. The first-order valence-electron chi connectivity index (χ1n) is 9.58. The van der Waals surface area contributed by atoms with Crippen molar-refractivity contribution in [1.82, 2.24) is 10.2 Å². The zero-order valence-electron chi connectivity index (χ0n) is 17.3. The van der Waals surface area contributed by atoms with E-state index >= 15 is 0 Å². The third-order valence-electron chi connectivity index (χ3n) is 4.25. The van der Waals surface area contributed by atoms with E-state index in [2.05, 4.69) is 5.32 Å². The van der Waals surface area contributed by atoms with E-state index in [0.29, 0.717) is 0 Å². The van der Waals surface area contributed by atoms with Gasteiger partial charge in [0.05, 0.1) is 12.5 Å². The van der Waals surface area contributed by atoms with Crippen LogP contribution in [0.25, 0.3) is 0 Å². The molecule has 1 aromatic carbocycles. The summed E-state index contributed by atoms with van der Waals surface area (Å²) in [4.78, 5) is 49.8. The van der Waals surface area contributed by atoms with E-state index in [4.69, 9.17) is 9.47 Å². The first-order chi connectivity index (χ1) is 13.5. The lowest BCUT2D eigenvalue weighted by Gasteiger charge is -2.26. The Labute approximate surface area is 170 Å². The van der Waals surface area contributed by atoms with E-state index in [0.717, 1.165) is 10.5 Å². The molecule has 158 valence electrons. The molecular weight excluding hydrogens is 376 g/mol. The molecular formula is C21H28N2O6.